The lowest BCUT2D eigenvalue weighted by Gasteiger charge is -2.28. The molecule has 10 heteroatoms. The number of nitrogens with one attached hydrogen (secondary N) is 1. The molecule has 26 heavy (non-hydrogen) atoms. The zero-order valence-corrected chi connectivity index (χ0v) is 14.6. The van der Waals surface area contributed by atoms with Crippen molar-refractivity contribution in [3.05, 3.63) is 29.3 Å². The smallest absolute Gasteiger partial charge is 0.465 e. The summed E-state index contributed by atoms with van der Waals surface area (Å²) in [4.78, 5) is 35.3. The summed E-state index contributed by atoms with van der Waals surface area (Å²) in [6, 6.07) is 2.84. The van der Waals surface area contributed by atoms with Gasteiger partial charge in [0.25, 0.3) is 0 Å². The van der Waals surface area contributed by atoms with Crippen LogP contribution in [0, 0.1) is 0 Å². The molecule has 1 N–H and O–H groups in total. The maximum Gasteiger partial charge on any atom is 0.471 e. The standard InChI is InChI=1S/C16H19F3N2O5/c1-5-26-15(24)20-12-8-10(13(22)25-4)6-7-11(12)9(2)21(3)14(23)16(17,18)19/h6-9H,5H2,1-4H3,(H,20,24)/t9-/m0/s1. The number of nitrogens with zero attached hydrogens (tertiary/aromatic N) is 1. The van der Waals surface area contributed by atoms with E-state index >= 15 is 0 Å². The van der Waals surface area contributed by atoms with E-state index in [4.69, 9.17) is 4.74 Å². The van der Waals surface area contributed by atoms with Gasteiger partial charge in [0.05, 0.1) is 31.0 Å². The lowest BCUT2D eigenvalue weighted by Crippen LogP contribution is -2.40. The minimum atomic E-state index is -5.04. The fraction of sp³-hybridized carbons (Fsp3) is 0.438. The highest BCUT2D eigenvalue weighted by atomic mass is 19.4. The molecular formula is C16H19F3N2O5. The van der Waals surface area contributed by atoms with Crippen LogP contribution < -0.4 is 5.32 Å². The Morgan fingerprint density at radius 3 is 2.38 bits per heavy atom. The van der Waals surface area contributed by atoms with Gasteiger partial charge in [-0.25, -0.2) is 9.59 Å². The van der Waals surface area contributed by atoms with E-state index in [1.165, 1.54) is 25.1 Å². The molecule has 0 radical (unpaired) electrons. The molecule has 0 saturated carbocycles. The van der Waals surface area contributed by atoms with Crippen molar-refractivity contribution >= 4 is 23.7 Å². The Labute approximate surface area is 148 Å². The highest BCUT2D eigenvalue weighted by Crippen LogP contribution is 2.31. The lowest BCUT2D eigenvalue weighted by atomic mass is 10.0. The number of ether oxygens (including phenoxy) is 2. The van der Waals surface area contributed by atoms with Gasteiger partial charge in [0.1, 0.15) is 0 Å². The quantitative estimate of drug-likeness (QED) is 0.798. The Morgan fingerprint density at radius 1 is 1.27 bits per heavy atom. The second-order valence-electron chi connectivity index (χ2n) is 5.23. The molecule has 0 aliphatic heterocycles. The lowest BCUT2D eigenvalue weighted by molar-refractivity contribution is -0.186. The number of halogens is 3. The molecule has 0 unspecified atom stereocenters. The number of hydrogen-bond donors (Lipinski definition) is 1. The van der Waals surface area contributed by atoms with Crippen LogP contribution in [-0.4, -0.2) is 49.8 Å². The van der Waals surface area contributed by atoms with Crippen molar-refractivity contribution in [3.8, 4) is 0 Å². The van der Waals surface area contributed by atoms with E-state index in [-0.39, 0.29) is 23.4 Å². The predicted octanol–water partition coefficient (Wildman–Crippen LogP) is 3.12. The van der Waals surface area contributed by atoms with Crippen LogP contribution in [0.15, 0.2) is 18.2 Å². The first-order valence-electron chi connectivity index (χ1n) is 7.52. The van der Waals surface area contributed by atoms with Crippen molar-refractivity contribution in [2.45, 2.75) is 26.1 Å². The predicted molar refractivity (Wildman–Crippen MR) is 85.7 cm³/mol. The van der Waals surface area contributed by atoms with Crippen molar-refractivity contribution in [1.82, 2.24) is 4.90 Å². The van der Waals surface area contributed by atoms with Crippen LogP contribution >= 0.6 is 0 Å². The Balaban J connectivity index is 3.28. The molecule has 144 valence electrons. The molecule has 1 aromatic carbocycles. The summed E-state index contributed by atoms with van der Waals surface area (Å²) in [5.74, 6) is -2.74. The third kappa shape index (κ3) is 5.11. The van der Waals surface area contributed by atoms with Gasteiger partial charge in [0, 0.05) is 7.05 Å². The van der Waals surface area contributed by atoms with Crippen LogP contribution in [0.3, 0.4) is 0 Å². The van der Waals surface area contributed by atoms with Crippen LogP contribution in [0.5, 0.6) is 0 Å². The van der Waals surface area contributed by atoms with Crippen LogP contribution in [-0.2, 0) is 14.3 Å². The third-order valence-electron chi connectivity index (χ3n) is 3.58. The Kier molecular flexibility index (Phi) is 6.99. The molecule has 2 amide bonds. The van der Waals surface area contributed by atoms with Crippen LogP contribution in [0.1, 0.15) is 35.8 Å². The maximum atomic E-state index is 12.7. The van der Waals surface area contributed by atoms with Crippen molar-refractivity contribution in [2.75, 3.05) is 26.1 Å². The van der Waals surface area contributed by atoms with Gasteiger partial charge >= 0.3 is 24.1 Å². The summed E-state index contributed by atoms with van der Waals surface area (Å²) >= 11 is 0. The number of hydrogen-bond acceptors (Lipinski definition) is 5. The van der Waals surface area contributed by atoms with Crippen molar-refractivity contribution in [3.63, 3.8) is 0 Å². The fourth-order valence-electron chi connectivity index (χ4n) is 2.14. The van der Waals surface area contributed by atoms with E-state index in [1.54, 1.807) is 6.92 Å². The van der Waals surface area contributed by atoms with Gasteiger partial charge in [0.2, 0.25) is 0 Å². The van der Waals surface area contributed by atoms with Gasteiger partial charge in [-0.05, 0) is 31.5 Å². The second kappa shape index (κ2) is 8.54. The normalized spacial score (nSPS) is 12.1. The third-order valence-corrected chi connectivity index (χ3v) is 3.58. The average molecular weight is 376 g/mol. The highest BCUT2D eigenvalue weighted by Gasteiger charge is 2.43. The first kappa shape index (κ1) is 21.3. The molecule has 0 saturated heterocycles. The van der Waals surface area contributed by atoms with Crippen molar-refractivity contribution < 1.29 is 37.0 Å². The number of amides is 2. The zero-order valence-electron chi connectivity index (χ0n) is 14.6. The molecule has 0 heterocycles. The van der Waals surface area contributed by atoms with E-state index in [0.717, 1.165) is 14.2 Å². The molecule has 0 aliphatic carbocycles. The minimum absolute atomic E-state index is 0.0284. The molecule has 0 aromatic heterocycles. The molecule has 0 aliphatic rings. The monoisotopic (exact) mass is 376 g/mol. The van der Waals surface area contributed by atoms with Crippen LogP contribution in [0.4, 0.5) is 23.7 Å². The van der Waals surface area contributed by atoms with Gasteiger partial charge in [-0.15, -0.1) is 0 Å². The van der Waals surface area contributed by atoms with Gasteiger partial charge in [-0.1, -0.05) is 6.07 Å². The number of esters is 1. The number of benzene rings is 1. The van der Waals surface area contributed by atoms with E-state index in [1.807, 2.05) is 0 Å². The molecule has 1 atom stereocenters. The van der Waals surface area contributed by atoms with E-state index in [0.29, 0.717) is 4.90 Å². The number of carbonyl (C=O) groups excluding carboxylic acids is 3. The molecule has 0 bridgehead atoms. The summed E-state index contributed by atoms with van der Waals surface area (Å²) in [6.45, 7) is 3.00. The maximum absolute atomic E-state index is 12.7. The first-order chi connectivity index (χ1) is 12.0. The average Bonchev–Trinajstić information content (AvgIpc) is 2.58. The molecule has 1 rings (SSSR count). The van der Waals surface area contributed by atoms with E-state index in [9.17, 15) is 27.6 Å². The summed E-state index contributed by atoms with van der Waals surface area (Å²) in [5.41, 5.74) is 0.284. The number of carbonyl (C=O) groups is 3. The number of methoxy groups -OCH3 is 1. The second-order valence-corrected chi connectivity index (χ2v) is 5.23. The SMILES string of the molecule is CCOC(=O)Nc1cc(C(=O)OC)ccc1[C@H](C)N(C)C(=O)C(F)(F)F. The summed E-state index contributed by atoms with van der Waals surface area (Å²) in [5, 5.41) is 2.36. The van der Waals surface area contributed by atoms with Gasteiger partial charge in [0.15, 0.2) is 0 Å². The number of rotatable bonds is 5. The minimum Gasteiger partial charge on any atom is -0.465 e. The topological polar surface area (TPSA) is 84.9 Å². The molecular weight excluding hydrogens is 357 g/mol. The fourth-order valence-corrected chi connectivity index (χ4v) is 2.14. The number of alkyl halides is 3. The first-order valence-corrected chi connectivity index (χ1v) is 7.52. The van der Waals surface area contributed by atoms with Crippen molar-refractivity contribution in [1.29, 1.82) is 0 Å². The molecule has 1 aromatic rings. The van der Waals surface area contributed by atoms with E-state index < -0.39 is 30.2 Å². The molecule has 0 spiro atoms. The van der Waals surface area contributed by atoms with Gasteiger partial charge in [-0.3, -0.25) is 10.1 Å². The van der Waals surface area contributed by atoms with Gasteiger partial charge < -0.3 is 14.4 Å². The van der Waals surface area contributed by atoms with E-state index in [2.05, 4.69) is 10.1 Å². The summed E-state index contributed by atoms with van der Waals surface area (Å²) in [7, 11) is 2.15. The largest absolute Gasteiger partial charge is 0.471 e. The zero-order chi connectivity index (χ0) is 20.1. The van der Waals surface area contributed by atoms with Gasteiger partial charge in [-0.2, -0.15) is 13.2 Å². The van der Waals surface area contributed by atoms with Crippen molar-refractivity contribution in [2.24, 2.45) is 0 Å². The Bertz CT molecular complexity index is 691. The Hall–Kier alpha value is -2.78. The summed E-state index contributed by atoms with van der Waals surface area (Å²) < 4.78 is 47.3. The summed E-state index contributed by atoms with van der Waals surface area (Å²) in [6.07, 6.45) is -5.89. The molecule has 7 nitrogen and oxygen atoms in total. The molecule has 0 fully saturated rings. The van der Waals surface area contributed by atoms with Crippen LogP contribution in [0.2, 0.25) is 0 Å². The van der Waals surface area contributed by atoms with Crippen LogP contribution in [0.25, 0.3) is 0 Å². The number of anilines is 1. The Morgan fingerprint density at radius 2 is 1.88 bits per heavy atom. The highest BCUT2D eigenvalue weighted by molar-refractivity contribution is 5.93.